The Balaban J connectivity index is 1.52. The van der Waals surface area contributed by atoms with Crippen LogP contribution in [0.4, 0.5) is 0 Å². The number of aromatic amines is 2. The number of hydrogen-bond acceptors (Lipinski definition) is 3. The standard InChI is InChI=1S/C18H14N4O2/c23-17(15-8-7-14-16(20-15)22-18(24)21-14)19-10-11-5-6-12-3-1-2-4-13(12)9-11/h1-9H,10H2,(H,19,23)(H2,20,21,22,24). The van der Waals surface area contributed by atoms with Crippen LogP contribution in [-0.4, -0.2) is 20.9 Å². The molecule has 0 aliphatic carbocycles. The third kappa shape index (κ3) is 2.65. The van der Waals surface area contributed by atoms with Gasteiger partial charge in [0.2, 0.25) is 0 Å². The average molecular weight is 318 g/mol. The number of nitrogens with zero attached hydrogens (tertiary/aromatic N) is 1. The summed E-state index contributed by atoms with van der Waals surface area (Å²) in [5, 5.41) is 5.14. The maximum absolute atomic E-state index is 12.3. The van der Waals surface area contributed by atoms with Crippen LogP contribution >= 0.6 is 0 Å². The largest absolute Gasteiger partial charge is 0.347 e. The Morgan fingerprint density at radius 3 is 2.71 bits per heavy atom. The van der Waals surface area contributed by atoms with E-state index in [2.05, 4.69) is 32.4 Å². The molecule has 2 aromatic carbocycles. The molecule has 0 spiro atoms. The number of pyridine rings is 1. The summed E-state index contributed by atoms with van der Waals surface area (Å²) in [6.07, 6.45) is 0. The number of aromatic nitrogens is 3. The Labute approximate surface area is 136 Å². The molecule has 0 saturated heterocycles. The molecule has 0 aliphatic rings. The van der Waals surface area contributed by atoms with Gasteiger partial charge >= 0.3 is 5.69 Å². The van der Waals surface area contributed by atoms with Gasteiger partial charge in [0, 0.05) is 6.54 Å². The number of amides is 1. The van der Waals surface area contributed by atoms with Crippen LogP contribution in [-0.2, 0) is 6.54 Å². The summed E-state index contributed by atoms with van der Waals surface area (Å²) in [5.74, 6) is -0.285. The van der Waals surface area contributed by atoms with E-state index >= 15 is 0 Å². The number of hydrogen-bond donors (Lipinski definition) is 3. The molecule has 0 saturated carbocycles. The van der Waals surface area contributed by atoms with E-state index in [0.29, 0.717) is 17.7 Å². The second-order valence-electron chi connectivity index (χ2n) is 5.54. The van der Waals surface area contributed by atoms with Crippen LogP contribution in [0.15, 0.2) is 59.4 Å². The van der Waals surface area contributed by atoms with Crippen LogP contribution in [0.25, 0.3) is 21.9 Å². The number of rotatable bonds is 3. The van der Waals surface area contributed by atoms with E-state index in [1.807, 2.05) is 30.3 Å². The molecule has 6 nitrogen and oxygen atoms in total. The first kappa shape index (κ1) is 14.2. The van der Waals surface area contributed by atoms with Gasteiger partial charge in [-0.3, -0.25) is 9.78 Å². The molecule has 3 N–H and O–H groups in total. The van der Waals surface area contributed by atoms with Crippen molar-refractivity contribution >= 4 is 27.8 Å². The zero-order valence-electron chi connectivity index (χ0n) is 12.7. The fraction of sp³-hybridized carbons (Fsp3) is 0.0556. The van der Waals surface area contributed by atoms with E-state index in [4.69, 9.17) is 0 Å². The predicted octanol–water partition coefficient (Wildman–Crippen LogP) is 2.33. The first-order valence-electron chi connectivity index (χ1n) is 7.54. The highest BCUT2D eigenvalue weighted by Crippen LogP contribution is 2.15. The van der Waals surface area contributed by atoms with Gasteiger partial charge in [-0.25, -0.2) is 9.78 Å². The minimum Gasteiger partial charge on any atom is -0.347 e. The second kappa shape index (κ2) is 5.66. The van der Waals surface area contributed by atoms with Crippen LogP contribution in [0.5, 0.6) is 0 Å². The summed E-state index contributed by atoms with van der Waals surface area (Å²) in [4.78, 5) is 32.8. The molecule has 24 heavy (non-hydrogen) atoms. The lowest BCUT2D eigenvalue weighted by Crippen LogP contribution is -2.23. The van der Waals surface area contributed by atoms with Gasteiger partial charge in [-0.05, 0) is 34.5 Å². The number of benzene rings is 2. The minimum absolute atomic E-state index is 0.263. The molecule has 2 heterocycles. The van der Waals surface area contributed by atoms with E-state index in [-0.39, 0.29) is 17.3 Å². The summed E-state index contributed by atoms with van der Waals surface area (Å²) >= 11 is 0. The molecule has 0 atom stereocenters. The van der Waals surface area contributed by atoms with Gasteiger partial charge in [0.05, 0.1) is 5.52 Å². The van der Waals surface area contributed by atoms with E-state index in [9.17, 15) is 9.59 Å². The van der Waals surface area contributed by atoms with Gasteiger partial charge < -0.3 is 10.3 Å². The molecule has 118 valence electrons. The van der Waals surface area contributed by atoms with Crippen LogP contribution in [0.2, 0.25) is 0 Å². The van der Waals surface area contributed by atoms with Crippen LogP contribution in [0, 0.1) is 0 Å². The third-order valence-electron chi connectivity index (χ3n) is 3.87. The van der Waals surface area contributed by atoms with Crippen molar-refractivity contribution in [1.82, 2.24) is 20.3 Å². The Hall–Kier alpha value is -3.41. The van der Waals surface area contributed by atoms with Gasteiger partial charge in [0.15, 0.2) is 5.65 Å². The minimum atomic E-state index is -0.341. The number of H-pyrrole nitrogens is 2. The first-order valence-corrected chi connectivity index (χ1v) is 7.54. The van der Waals surface area contributed by atoms with Gasteiger partial charge in [0.25, 0.3) is 5.91 Å². The normalized spacial score (nSPS) is 11.0. The fourth-order valence-electron chi connectivity index (χ4n) is 2.66. The summed E-state index contributed by atoms with van der Waals surface area (Å²) in [7, 11) is 0. The zero-order valence-corrected chi connectivity index (χ0v) is 12.7. The molecule has 1 amide bonds. The molecular weight excluding hydrogens is 304 g/mol. The lowest BCUT2D eigenvalue weighted by molar-refractivity contribution is 0.0946. The van der Waals surface area contributed by atoms with Crippen molar-refractivity contribution in [1.29, 1.82) is 0 Å². The van der Waals surface area contributed by atoms with Crippen LogP contribution in [0.3, 0.4) is 0 Å². The van der Waals surface area contributed by atoms with E-state index in [0.717, 1.165) is 16.3 Å². The lowest BCUT2D eigenvalue weighted by atomic mass is 10.1. The molecule has 0 aliphatic heterocycles. The number of fused-ring (bicyclic) bond motifs is 2. The average Bonchev–Trinajstić information content (AvgIpc) is 2.98. The molecule has 6 heteroatoms. The third-order valence-corrected chi connectivity index (χ3v) is 3.87. The molecule has 0 unspecified atom stereocenters. The van der Waals surface area contributed by atoms with Crippen molar-refractivity contribution in [3.63, 3.8) is 0 Å². The highest BCUT2D eigenvalue weighted by molar-refractivity contribution is 5.94. The Morgan fingerprint density at radius 1 is 1.00 bits per heavy atom. The zero-order chi connectivity index (χ0) is 16.5. The van der Waals surface area contributed by atoms with Crippen molar-refractivity contribution in [2.75, 3.05) is 0 Å². The highest BCUT2D eigenvalue weighted by Gasteiger charge is 2.09. The SMILES string of the molecule is O=C(NCc1ccc2ccccc2c1)c1ccc2[nH]c(=O)[nH]c2n1. The van der Waals surface area contributed by atoms with Crippen LogP contribution < -0.4 is 11.0 Å². The number of carbonyl (C=O) groups is 1. The van der Waals surface area contributed by atoms with E-state index < -0.39 is 0 Å². The van der Waals surface area contributed by atoms with Gasteiger partial charge in [-0.1, -0.05) is 36.4 Å². The molecular formula is C18H14N4O2. The van der Waals surface area contributed by atoms with Gasteiger partial charge in [-0.2, -0.15) is 0 Å². The highest BCUT2D eigenvalue weighted by atomic mass is 16.2. The summed E-state index contributed by atoms with van der Waals surface area (Å²) in [5.41, 5.74) is 1.88. The number of carbonyl (C=O) groups excluding carboxylic acids is 1. The topological polar surface area (TPSA) is 90.6 Å². The smallest absolute Gasteiger partial charge is 0.325 e. The van der Waals surface area contributed by atoms with Crippen LogP contribution in [0.1, 0.15) is 16.1 Å². The molecule has 0 bridgehead atoms. The number of imidazole rings is 1. The van der Waals surface area contributed by atoms with E-state index in [1.165, 1.54) is 0 Å². The summed E-state index contributed by atoms with van der Waals surface area (Å²) in [6, 6.07) is 17.4. The van der Waals surface area contributed by atoms with Crippen molar-refractivity contribution in [3.05, 3.63) is 76.3 Å². The molecule has 0 fully saturated rings. The fourth-order valence-corrected chi connectivity index (χ4v) is 2.66. The van der Waals surface area contributed by atoms with E-state index in [1.54, 1.807) is 12.1 Å². The van der Waals surface area contributed by atoms with Gasteiger partial charge in [0.1, 0.15) is 5.69 Å². The maximum atomic E-state index is 12.3. The Morgan fingerprint density at radius 2 is 1.83 bits per heavy atom. The molecule has 4 rings (SSSR count). The lowest BCUT2D eigenvalue weighted by Gasteiger charge is -2.06. The summed E-state index contributed by atoms with van der Waals surface area (Å²) in [6.45, 7) is 0.410. The number of nitrogens with one attached hydrogen (secondary N) is 3. The second-order valence-corrected chi connectivity index (χ2v) is 5.54. The monoisotopic (exact) mass is 318 g/mol. The van der Waals surface area contributed by atoms with Crippen molar-refractivity contribution in [3.8, 4) is 0 Å². The quantitative estimate of drug-likeness (QED) is 0.541. The van der Waals surface area contributed by atoms with Crippen molar-refractivity contribution in [2.45, 2.75) is 6.54 Å². The maximum Gasteiger partial charge on any atom is 0.325 e. The predicted molar refractivity (Wildman–Crippen MR) is 91.8 cm³/mol. The molecule has 0 radical (unpaired) electrons. The van der Waals surface area contributed by atoms with Crippen molar-refractivity contribution in [2.24, 2.45) is 0 Å². The Bertz CT molecular complexity index is 1110. The molecule has 2 aromatic heterocycles. The molecule has 4 aromatic rings. The Kier molecular flexibility index (Phi) is 3.35. The van der Waals surface area contributed by atoms with Gasteiger partial charge in [-0.15, -0.1) is 0 Å². The first-order chi connectivity index (χ1) is 11.7. The van der Waals surface area contributed by atoms with Crippen molar-refractivity contribution < 1.29 is 4.79 Å². The summed E-state index contributed by atoms with van der Waals surface area (Å²) < 4.78 is 0.